The molecule has 0 spiro atoms. The number of phenols is 2. The molecule has 2 aromatic rings. The molecule has 1 aliphatic heterocycles. The molecule has 0 fully saturated rings. The van der Waals surface area contributed by atoms with Crippen molar-refractivity contribution in [1.29, 1.82) is 0 Å². The van der Waals surface area contributed by atoms with Crippen LogP contribution in [0.15, 0.2) is 24.3 Å². The van der Waals surface area contributed by atoms with Crippen LogP contribution in [0.5, 0.6) is 11.5 Å². The summed E-state index contributed by atoms with van der Waals surface area (Å²) in [6.45, 7) is 3.98. The van der Waals surface area contributed by atoms with Gasteiger partial charge in [-0.3, -0.25) is 0 Å². The molecule has 0 radical (unpaired) electrons. The SMILES string of the molecule is CCc1ccc2c3c1Cc1c(ccc(O)c1O)C3CNC2. The number of aryl methyl sites for hydroxylation is 1. The number of fused-ring (bicyclic) bond motifs is 2. The fourth-order valence-electron chi connectivity index (χ4n) is 3.93. The molecular weight excluding hydrogens is 262 g/mol. The smallest absolute Gasteiger partial charge is 0.161 e. The highest BCUT2D eigenvalue weighted by molar-refractivity contribution is 5.61. The zero-order chi connectivity index (χ0) is 14.6. The van der Waals surface area contributed by atoms with Crippen LogP contribution in [0.1, 0.15) is 46.2 Å². The molecule has 0 amide bonds. The zero-order valence-corrected chi connectivity index (χ0v) is 12.1. The maximum Gasteiger partial charge on any atom is 0.161 e. The highest BCUT2D eigenvalue weighted by Crippen LogP contribution is 2.46. The highest BCUT2D eigenvalue weighted by atomic mass is 16.3. The normalized spacial score (nSPS) is 19.0. The maximum absolute atomic E-state index is 10.3. The van der Waals surface area contributed by atoms with Crippen molar-refractivity contribution in [3.63, 3.8) is 0 Å². The molecule has 3 heteroatoms. The van der Waals surface area contributed by atoms with E-state index in [0.29, 0.717) is 0 Å². The third kappa shape index (κ3) is 1.70. The molecule has 0 bridgehead atoms. The van der Waals surface area contributed by atoms with Crippen LogP contribution < -0.4 is 5.32 Å². The average Bonchev–Trinajstić information content (AvgIpc) is 2.52. The summed E-state index contributed by atoms with van der Waals surface area (Å²) in [6.07, 6.45) is 1.72. The third-order valence-corrected chi connectivity index (χ3v) is 4.96. The van der Waals surface area contributed by atoms with Crippen molar-refractivity contribution in [2.24, 2.45) is 0 Å². The molecule has 1 aliphatic carbocycles. The quantitative estimate of drug-likeness (QED) is 0.705. The van der Waals surface area contributed by atoms with E-state index in [1.165, 1.54) is 22.3 Å². The van der Waals surface area contributed by atoms with Crippen molar-refractivity contribution in [3.8, 4) is 11.5 Å². The number of aromatic hydroxyl groups is 2. The van der Waals surface area contributed by atoms with Gasteiger partial charge in [0.15, 0.2) is 11.5 Å². The van der Waals surface area contributed by atoms with Crippen LogP contribution in [-0.4, -0.2) is 16.8 Å². The van der Waals surface area contributed by atoms with Crippen molar-refractivity contribution in [1.82, 2.24) is 5.32 Å². The average molecular weight is 281 g/mol. The fraction of sp³-hybridized carbons (Fsp3) is 0.333. The van der Waals surface area contributed by atoms with Gasteiger partial charge in [0.2, 0.25) is 0 Å². The molecule has 0 aromatic heterocycles. The van der Waals surface area contributed by atoms with Gasteiger partial charge in [-0.05, 0) is 40.3 Å². The van der Waals surface area contributed by atoms with Crippen LogP contribution >= 0.6 is 0 Å². The highest BCUT2D eigenvalue weighted by Gasteiger charge is 2.33. The molecule has 2 aliphatic rings. The van der Waals surface area contributed by atoms with Gasteiger partial charge < -0.3 is 15.5 Å². The lowest BCUT2D eigenvalue weighted by molar-refractivity contribution is 0.397. The van der Waals surface area contributed by atoms with Crippen molar-refractivity contribution in [3.05, 3.63) is 57.6 Å². The van der Waals surface area contributed by atoms with E-state index in [-0.39, 0.29) is 17.4 Å². The second-order valence-electron chi connectivity index (χ2n) is 5.99. The first-order valence-corrected chi connectivity index (χ1v) is 7.58. The molecule has 21 heavy (non-hydrogen) atoms. The summed E-state index contributed by atoms with van der Waals surface area (Å²) in [5, 5.41) is 23.5. The lowest BCUT2D eigenvalue weighted by atomic mass is 9.72. The standard InChI is InChI=1S/C18H19NO2/c1-2-10-3-4-11-8-19-9-15-12-5-6-16(20)18(21)14(12)7-13(10)17(11)15/h3-6,15,19-21H,2,7-9H2,1H3. The van der Waals surface area contributed by atoms with Gasteiger partial charge in [0, 0.05) is 31.0 Å². The second kappa shape index (κ2) is 4.50. The summed E-state index contributed by atoms with van der Waals surface area (Å²) < 4.78 is 0. The first-order chi connectivity index (χ1) is 10.2. The Hall–Kier alpha value is -2.00. The minimum atomic E-state index is -0.0184. The van der Waals surface area contributed by atoms with E-state index in [9.17, 15) is 10.2 Å². The predicted octanol–water partition coefficient (Wildman–Crippen LogP) is 2.80. The zero-order valence-electron chi connectivity index (χ0n) is 12.1. The van der Waals surface area contributed by atoms with Gasteiger partial charge in [-0.15, -0.1) is 0 Å². The summed E-state index contributed by atoms with van der Waals surface area (Å²) in [7, 11) is 0. The summed E-state index contributed by atoms with van der Waals surface area (Å²) in [5.74, 6) is 0.317. The molecule has 1 heterocycles. The van der Waals surface area contributed by atoms with Gasteiger partial charge in [0.1, 0.15) is 0 Å². The number of benzene rings is 2. The van der Waals surface area contributed by atoms with Gasteiger partial charge in [0.05, 0.1) is 0 Å². The van der Waals surface area contributed by atoms with Crippen LogP contribution in [-0.2, 0) is 19.4 Å². The summed E-state index contributed by atoms with van der Waals surface area (Å²) in [5.41, 5.74) is 7.58. The Balaban J connectivity index is 2.00. The van der Waals surface area contributed by atoms with Gasteiger partial charge in [-0.25, -0.2) is 0 Å². The van der Waals surface area contributed by atoms with Crippen LogP contribution in [0.25, 0.3) is 0 Å². The first kappa shape index (κ1) is 12.7. The lowest BCUT2D eigenvalue weighted by Crippen LogP contribution is -2.33. The van der Waals surface area contributed by atoms with Crippen LogP contribution in [0.3, 0.4) is 0 Å². The monoisotopic (exact) mass is 281 g/mol. The first-order valence-electron chi connectivity index (χ1n) is 7.58. The Labute approximate surface area is 124 Å². The van der Waals surface area contributed by atoms with E-state index in [1.54, 1.807) is 6.07 Å². The largest absolute Gasteiger partial charge is 0.504 e. The molecule has 3 nitrogen and oxygen atoms in total. The summed E-state index contributed by atoms with van der Waals surface area (Å²) in [6, 6.07) is 8.02. The maximum atomic E-state index is 10.3. The molecule has 0 saturated carbocycles. The van der Waals surface area contributed by atoms with E-state index in [2.05, 4.69) is 24.4 Å². The Morgan fingerprint density at radius 2 is 2.00 bits per heavy atom. The molecule has 2 aromatic carbocycles. The predicted molar refractivity (Wildman–Crippen MR) is 81.9 cm³/mol. The van der Waals surface area contributed by atoms with E-state index in [1.807, 2.05) is 6.07 Å². The van der Waals surface area contributed by atoms with Crippen LogP contribution in [0.4, 0.5) is 0 Å². The number of rotatable bonds is 1. The van der Waals surface area contributed by atoms with E-state index in [0.717, 1.165) is 37.1 Å². The molecule has 108 valence electrons. The number of hydrogen-bond acceptors (Lipinski definition) is 3. The van der Waals surface area contributed by atoms with Crippen molar-refractivity contribution >= 4 is 0 Å². The third-order valence-electron chi connectivity index (χ3n) is 4.96. The van der Waals surface area contributed by atoms with E-state index >= 15 is 0 Å². The molecule has 1 unspecified atom stereocenters. The van der Waals surface area contributed by atoms with Crippen molar-refractivity contribution in [2.75, 3.05) is 6.54 Å². The van der Waals surface area contributed by atoms with E-state index < -0.39 is 0 Å². The summed E-state index contributed by atoms with van der Waals surface area (Å²) in [4.78, 5) is 0. The number of phenolic OH excluding ortho intramolecular Hbond substituents is 2. The van der Waals surface area contributed by atoms with Crippen LogP contribution in [0, 0.1) is 0 Å². The Morgan fingerprint density at radius 1 is 1.14 bits per heavy atom. The molecule has 3 N–H and O–H groups in total. The Morgan fingerprint density at radius 3 is 2.81 bits per heavy atom. The van der Waals surface area contributed by atoms with Gasteiger partial charge in [-0.1, -0.05) is 25.1 Å². The molecule has 0 saturated heterocycles. The van der Waals surface area contributed by atoms with Crippen molar-refractivity contribution < 1.29 is 10.2 Å². The van der Waals surface area contributed by atoms with Gasteiger partial charge in [0.25, 0.3) is 0 Å². The molecule has 4 rings (SSSR count). The minimum absolute atomic E-state index is 0.0184. The van der Waals surface area contributed by atoms with Crippen molar-refractivity contribution in [2.45, 2.75) is 32.2 Å². The second-order valence-corrected chi connectivity index (χ2v) is 5.99. The minimum Gasteiger partial charge on any atom is -0.504 e. The Bertz CT molecular complexity index is 736. The Kier molecular flexibility index (Phi) is 2.73. The van der Waals surface area contributed by atoms with E-state index in [4.69, 9.17) is 0 Å². The fourth-order valence-corrected chi connectivity index (χ4v) is 3.93. The topological polar surface area (TPSA) is 52.5 Å². The molecular formula is C18H19NO2. The number of hydrogen-bond donors (Lipinski definition) is 3. The van der Waals surface area contributed by atoms with Crippen LogP contribution in [0.2, 0.25) is 0 Å². The summed E-state index contributed by atoms with van der Waals surface area (Å²) >= 11 is 0. The van der Waals surface area contributed by atoms with Gasteiger partial charge in [-0.2, -0.15) is 0 Å². The van der Waals surface area contributed by atoms with Gasteiger partial charge >= 0.3 is 0 Å². The number of nitrogens with one attached hydrogen (secondary N) is 1. The molecule has 1 atom stereocenters. The lowest BCUT2D eigenvalue weighted by Gasteiger charge is -2.36.